The van der Waals surface area contributed by atoms with Crippen molar-refractivity contribution in [3.8, 4) is 0 Å². The number of carbonyl (C=O) groups is 3. The molecule has 1 N–H and O–H groups in total. The van der Waals surface area contributed by atoms with Gasteiger partial charge in [0.2, 0.25) is 5.91 Å². The molecular formula is C22H27ClFN3O5. The van der Waals surface area contributed by atoms with Gasteiger partial charge in [-0.15, -0.1) is 11.6 Å². The van der Waals surface area contributed by atoms with Gasteiger partial charge in [-0.2, -0.15) is 0 Å². The van der Waals surface area contributed by atoms with E-state index in [2.05, 4.69) is 5.32 Å². The van der Waals surface area contributed by atoms with Crippen LogP contribution in [0.1, 0.15) is 26.7 Å². The zero-order valence-electron chi connectivity index (χ0n) is 18.1. The van der Waals surface area contributed by atoms with Crippen LogP contribution in [-0.4, -0.2) is 62.2 Å². The predicted octanol–water partition coefficient (Wildman–Crippen LogP) is 2.98. The Labute approximate surface area is 191 Å². The number of alkyl halides is 1. The molecule has 0 radical (unpaired) electrons. The monoisotopic (exact) mass is 467 g/mol. The van der Waals surface area contributed by atoms with Crippen molar-refractivity contribution >= 4 is 40.9 Å². The van der Waals surface area contributed by atoms with Crippen LogP contribution in [0, 0.1) is 5.82 Å². The predicted molar refractivity (Wildman–Crippen MR) is 119 cm³/mol. The van der Waals surface area contributed by atoms with Gasteiger partial charge < -0.3 is 19.7 Å². The lowest BCUT2D eigenvalue weighted by Gasteiger charge is -2.31. The van der Waals surface area contributed by atoms with E-state index in [4.69, 9.17) is 21.1 Å². The maximum atomic E-state index is 14.9. The minimum Gasteiger partial charge on any atom is -0.458 e. The molecule has 2 amide bonds. The van der Waals surface area contributed by atoms with E-state index < -0.39 is 24.0 Å². The lowest BCUT2D eigenvalue weighted by atomic mass is 10.0. The minimum absolute atomic E-state index is 0.179. The number of carbonyl (C=O) groups excluding carboxylic acids is 3. The second kappa shape index (κ2) is 10.7. The van der Waals surface area contributed by atoms with Crippen LogP contribution in [0.3, 0.4) is 0 Å². The molecular weight excluding hydrogens is 441 g/mol. The highest BCUT2D eigenvalue weighted by molar-refractivity contribution is 6.26. The lowest BCUT2D eigenvalue weighted by molar-refractivity contribution is -0.143. The average Bonchev–Trinajstić information content (AvgIpc) is 3.13. The van der Waals surface area contributed by atoms with Crippen LogP contribution in [0.5, 0.6) is 0 Å². The number of amides is 2. The number of benzene rings is 1. The van der Waals surface area contributed by atoms with Crippen LogP contribution in [0.2, 0.25) is 0 Å². The molecule has 0 saturated carbocycles. The van der Waals surface area contributed by atoms with Gasteiger partial charge in [-0.25, -0.2) is 9.18 Å². The Bertz CT molecular complexity index is 900. The highest BCUT2D eigenvalue weighted by atomic mass is 35.5. The number of piperidine rings is 1. The zero-order valence-corrected chi connectivity index (χ0v) is 18.9. The largest absolute Gasteiger partial charge is 0.458 e. The van der Waals surface area contributed by atoms with Crippen molar-refractivity contribution in [2.75, 3.05) is 41.9 Å². The fraction of sp³-hybridized carbons (Fsp3) is 0.500. The van der Waals surface area contributed by atoms with Crippen LogP contribution in [0.25, 0.3) is 0 Å². The highest BCUT2D eigenvalue weighted by Crippen LogP contribution is 2.30. The maximum Gasteiger partial charge on any atom is 0.414 e. The molecule has 1 aromatic carbocycles. The van der Waals surface area contributed by atoms with E-state index in [1.807, 2.05) is 11.0 Å². The third-order valence-corrected chi connectivity index (χ3v) is 5.56. The standard InChI is InChI=1S/C22H27ClFN3O5/c1-14(31-21(29)11-23)9-16-5-7-26(8-6-16)20-4-3-17(10-19(20)24)27-13-18(32-22(27)30)12-25-15(2)28/h3-4,9-10,14,18H,5-8,11-13H2,1-2H3,(H,25,28)/t14?,18-/m0/s1. The zero-order chi connectivity index (χ0) is 23.3. The van der Waals surface area contributed by atoms with Crippen molar-refractivity contribution in [2.24, 2.45) is 0 Å². The van der Waals surface area contributed by atoms with E-state index >= 15 is 0 Å². The normalized spacial score (nSPS) is 19.4. The number of halogens is 2. The van der Waals surface area contributed by atoms with E-state index in [9.17, 15) is 18.8 Å². The quantitative estimate of drug-likeness (QED) is 0.377. The van der Waals surface area contributed by atoms with Gasteiger partial charge in [0, 0.05) is 20.0 Å². The van der Waals surface area contributed by atoms with Crippen LogP contribution in [0.4, 0.5) is 20.6 Å². The van der Waals surface area contributed by atoms with E-state index in [0.29, 0.717) is 24.5 Å². The summed E-state index contributed by atoms with van der Waals surface area (Å²) in [5.41, 5.74) is 2.03. The van der Waals surface area contributed by atoms with Crippen molar-refractivity contribution < 1.29 is 28.2 Å². The molecule has 0 spiro atoms. The molecule has 2 aliphatic heterocycles. The first-order valence-electron chi connectivity index (χ1n) is 10.5. The first kappa shape index (κ1) is 23.8. The number of cyclic esters (lactones) is 1. The molecule has 8 nitrogen and oxygen atoms in total. The van der Waals surface area contributed by atoms with Crippen molar-refractivity contribution in [2.45, 2.75) is 38.9 Å². The van der Waals surface area contributed by atoms with E-state index in [-0.39, 0.29) is 31.0 Å². The molecule has 2 aliphatic rings. The van der Waals surface area contributed by atoms with Crippen molar-refractivity contribution in [1.29, 1.82) is 0 Å². The van der Waals surface area contributed by atoms with Gasteiger partial charge in [0.15, 0.2) is 0 Å². The van der Waals surface area contributed by atoms with Gasteiger partial charge >= 0.3 is 12.1 Å². The minimum atomic E-state index is -0.566. The van der Waals surface area contributed by atoms with Gasteiger partial charge in [-0.1, -0.05) is 5.57 Å². The Kier molecular flexibility index (Phi) is 7.95. The number of hydrogen-bond acceptors (Lipinski definition) is 6. The molecule has 2 fully saturated rings. The number of nitrogens with zero attached hydrogens (tertiary/aromatic N) is 2. The molecule has 0 aliphatic carbocycles. The van der Waals surface area contributed by atoms with Crippen molar-refractivity contribution in [1.82, 2.24) is 5.32 Å². The van der Waals surface area contributed by atoms with Crippen LogP contribution in [-0.2, 0) is 19.1 Å². The molecule has 32 heavy (non-hydrogen) atoms. The number of hydrogen-bond donors (Lipinski definition) is 1. The number of anilines is 2. The summed E-state index contributed by atoms with van der Waals surface area (Å²) >= 11 is 5.45. The molecule has 10 heteroatoms. The van der Waals surface area contributed by atoms with Crippen molar-refractivity contribution in [3.63, 3.8) is 0 Å². The average molecular weight is 468 g/mol. The summed E-state index contributed by atoms with van der Waals surface area (Å²) in [5.74, 6) is -1.27. The SMILES string of the molecule is CC(=O)NC[C@H]1CN(c2ccc(N3CCC(=CC(C)OC(=O)CCl)CC3)c(F)c2)C(=O)O1. The summed E-state index contributed by atoms with van der Waals surface area (Å²) in [6.45, 7) is 4.88. The maximum absolute atomic E-state index is 14.9. The number of rotatable bonds is 7. The first-order valence-corrected chi connectivity index (χ1v) is 11.0. The van der Waals surface area contributed by atoms with Gasteiger partial charge in [-0.05, 0) is 44.0 Å². The Morgan fingerprint density at radius 3 is 2.72 bits per heavy atom. The van der Waals surface area contributed by atoms with E-state index in [1.54, 1.807) is 19.1 Å². The Morgan fingerprint density at radius 1 is 1.38 bits per heavy atom. The van der Waals surface area contributed by atoms with Gasteiger partial charge in [0.1, 0.15) is 23.9 Å². The highest BCUT2D eigenvalue weighted by Gasteiger charge is 2.33. The Balaban J connectivity index is 1.59. The van der Waals surface area contributed by atoms with Crippen LogP contribution in [0.15, 0.2) is 29.8 Å². The molecule has 1 aromatic rings. The number of ether oxygens (including phenoxy) is 2. The summed E-state index contributed by atoms with van der Waals surface area (Å²) in [4.78, 5) is 37.8. The van der Waals surface area contributed by atoms with Crippen molar-refractivity contribution in [3.05, 3.63) is 35.7 Å². The van der Waals surface area contributed by atoms with E-state index in [1.165, 1.54) is 17.9 Å². The Morgan fingerprint density at radius 2 is 2.09 bits per heavy atom. The number of nitrogens with one attached hydrogen (secondary N) is 1. The summed E-state index contributed by atoms with van der Waals surface area (Å²) in [5, 5.41) is 2.61. The van der Waals surface area contributed by atoms with E-state index in [0.717, 1.165) is 18.4 Å². The molecule has 1 unspecified atom stereocenters. The van der Waals surface area contributed by atoms with Gasteiger partial charge in [0.05, 0.1) is 24.5 Å². The smallest absolute Gasteiger partial charge is 0.414 e. The fourth-order valence-electron chi connectivity index (χ4n) is 3.82. The summed E-state index contributed by atoms with van der Waals surface area (Å²) in [6, 6.07) is 4.69. The molecule has 0 aromatic heterocycles. The third kappa shape index (κ3) is 6.12. The molecule has 2 atom stereocenters. The number of esters is 1. The third-order valence-electron chi connectivity index (χ3n) is 5.34. The van der Waals surface area contributed by atoms with Crippen LogP contribution >= 0.6 is 11.6 Å². The second-order valence-corrected chi connectivity index (χ2v) is 8.10. The molecule has 0 bridgehead atoms. The molecule has 2 saturated heterocycles. The van der Waals surface area contributed by atoms with Gasteiger partial charge in [-0.3, -0.25) is 14.5 Å². The summed E-state index contributed by atoms with van der Waals surface area (Å²) < 4.78 is 25.3. The second-order valence-electron chi connectivity index (χ2n) is 7.83. The Hall–Kier alpha value is -2.81. The molecule has 174 valence electrons. The first-order chi connectivity index (χ1) is 15.3. The lowest BCUT2D eigenvalue weighted by Crippen LogP contribution is -2.33. The fourth-order valence-corrected chi connectivity index (χ4v) is 3.89. The summed E-state index contributed by atoms with van der Waals surface area (Å²) in [7, 11) is 0. The molecule has 2 heterocycles. The van der Waals surface area contributed by atoms with Gasteiger partial charge in [0.25, 0.3) is 0 Å². The topological polar surface area (TPSA) is 88.2 Å². The van der Waals surface area contributed by atoms with Crippen LogP contribution < -0.4 is 15.1 Å². The summed E-state index contributed by atoms with van der Waals surface area (Å²) in [6.07, 6.45) is 1.98. The molecule has 3 rings (SSSR count).